The van der Waals surface area contributed by atoms with Gasteiger partial charge in [0.15, 0.2) is 11.5 Å². The van der Waals surface area contributed by atoms with Gasteiger partial charge in [-0.3, -0.25) is 4.90 Å². The van der Waals surface area contributed by atoms with Crippen molar-refractivity contribution in [3.8, 4) is 17.2 Å². The molecule has 2 rings (SSSR count). The molecule has 0 aromatic heterocycles. The summed E-state index contributed by atoms with van der Waals surface area (Å²) in [5.74, 6) is 2.15. The van der Waals surface area contributed by atoms with E-state index in [1.807, 2.05) is 6.07 Å². The van der Waals surface area contributed by atoms with E-state index in [9.17, 15) is 0 Å². The van der Waals surface area contributed by atoms with Crippen LogP contribution in [0.1, 0.15) is 12.5 Å². The van der Waals surface area contributed by atoms with Gasteiger partial charge in [0.1, 0.15) is 0 Å². The van der Waals surface area contributed by atoms with Crippen molar-refractivity contribution in [2.24, 2.45) is 0 Å². The van der Waals surface area contributed by atoms with Crippen molar-refractivity contribution in [1.29, 1.82) is 0 Å². The molecule has 0 aliphatic carbocycles. The van der Waals surface area contributed by atoms with Gasteiger partial charge in [-0.1, -0.05) is 13.0 Å². The minimum Gasteiger partial charge on any atom is -0.493 e. The SMILES string of the molecule is CCN1CCN(Cc2ccc(OC)c(OC)c2OC)CC1. The molecular formula is C16H26N2O3. The number of benzene rings is 1. The lowest BCUT2D eigenvalue weighted by atomic mass is 10.1. The zero-order valence-corrected chi connectivity index (χ0v) is 13.5. The predicted molar refractivity (Wildman–Crippen MR) is 83.5 cm³/mol. The van der Waals surface area contributed by atoms with Crippen molar-refractivity contribution in [1.82, 2.24) is 9.80 Å². The Morgan fingerprint density at radius 3 is 2.00 bits per heavy atom. The first-order chi connectivity index (χ1) is 10.2. The molecule has 1 aliphatic rings. The third-order valence-electron chi connectivity index (χ3n) is 4.09. The fraction of sp³-hybridized carbons (Fsp3) is 0.625. The van der Waals surface area contributed by atoms with Crippen LogP contribution in [0.3, 0.4) is 0 Å². The summed E-state index contributed by atoms with van der Waals surface area (Å²) < 4.78 is 16.3. The lowest BCUT2D eigenvalue weighted by Crippen LogP contribution is -2.45. The Kier molecular flexibility index (Phi) is 5.70. The fourth-order valence-corrected chi connectivity index (χ4v) is 2.79. The summed E-state index contributed by atoms with van der Waals surface area (Å²) in [5.41, 5.74) is 1.14. The number of likely N-dealkylation sites (N-methyl/N-ethyl adjacent to an activating group) is 1. The maximum atomic E-state index is 5.55. The lowest BCUT2D eigenvalue weighted by molar-refractivity contribution is 0.131. The highest BCUT2D eigenvalue weighted by Crippen LogP contribution is 2.40. The van der Waals surface area contributed by atoms with E-state index in [1.165, 1.54) is 0 Å². The fourth-order valence-electron chi connectivity index (χ4n) is 2.79. The second kappa shape index (κ2) is 7.52. The maximum absolute atomic E-state index is 5.55. The number of ether oxygens (including phenoxy) is 3. The third kappa shape index (κ3) is 3.60. The first kappa shape index (κ1) is 15.9. The van der Waals surface area contributed by atoms with Crippen LogP contribution >= 0.6 is 0 Å². The molecule has 118 valence electrons. The Hall–Kier alpha value is -1.46. The quantitative estimate of drug-likeness (QED) is 0.800. The Bertz CT molecular complexity index is 457. The molecule has 0 radical (unpaired) electrons. The normalized spacial score (nSPS) is 16.8. The Labute approximate surface area is 127 Å². The Balaban J connectivity index is 2.13. The third-order valence-corrected chi connectivity index (χ3v) is 4.09. The summed E-state index contributed by atoms with van der Waals surface area (Å²) in [6, 6.07) is 4.01. The molecule has 0 amide bonds. The minimum absolute atomic E-state index is 0.671. The summed E-state index contributed by atoms with van der Waals surface area (Å²) in [6.07, 6.45) is 0. The average molecular weight is 294 g/mol. The summed E-state index contributed by atoms with van der Waals surface area (Å²) in [6.45, 7) is 8.66. The molecule has 1 aliphatic heterocycles. The van der Waals surface area contributed by atoms with Crippen molar-refractivity contribution < 1.29 is 14.2 Å². The molecule has 0 bridgehead atoms. The van der Waals surface area contributed by atoms with Gasteiger partial charge in [0.25, 0.3) is 0 Å². The first-order valence-electron chi connectivity index (χ1n) is 7.46. The van der Waals surface area contributed by atoms with E-state index in [-0.39, 0.29) is 0 Å². The van der Waals surface area contributed by atoms with Crippen LogP contribution < -0.4 is 14.2 Å². The van der Waals surface area contributed by atoms with Gasteiger partial charge >= 0.3 is 0 Å². The van der Waals surface area contributed by atoms with Gasteiger partial charge in [-0.15, -0.1) is 0 Å². The van der Waals surface area contributed by atoms with E-state index < -0.39 is 0 Å². The van der Waals surface area contributed by atoms with Gasteiger partial charge in [0, 0.05) is 38.3 Å². The Morgan fingerprint density at radius 1 is 0.857 bits per heavy atom. The number of nitrogens with zero attached hydrogens (tertiary/aromatic N) is 2. The van der Waals surface area contributed by atoms with Crippen molar-refractivity contribution in [2.45, 2.75) is 13.5 Å². The molecule has 5 nitrogen and oxygen atoms in total. The van der Waals surface area contributed by atoms with Gasteiger partial charge in [-0.2, -0.15) is 0 Å². The molecule has 1 aromatic rings. The van der Waals surface area contributed by atoms with Crippen molar-refractivity contribution in [3.63, 3.8) is 0 Å². The van der Waals surface area contributed by atoms with Gasteiger partial charge in [-0.05, 0) is 12.6 Å². The summed E-state index contributed by atoms with van der Waals surface area (Å²) in [5, 5.41) is 0. The average Bonchev–Trinajstić information content (AvgIpc) is 2.54. The van der Waals surface area contributed by atoms with Crippen molar-refractivity contribution in [3.05, 3.63) is 17.7 Å². The van der Waals surface area contributed by atoms with Crippen LogP contribution in [0.5, 0.6) is 17.2 Å². The molecule has 0 spiro atoms. The summed E-state index contributed by atoms with van der Waals surface area (Å²) >= 11 is 0. The van der Waals surface area contributed by atoms with Crippen LogP contribution in [0.2, 0.25) is 0 Å². The van der Waals surface area contributed by atoms with E-state index in [0.717, 1.165) is 50.6 Å². The van der Waals surface area contributed by atoms with E-state index >= 15 is 0 Å². The van der Waals surface area contributed by atoms with Crippen molar-refractivity contribution in [2.75, 3.05) is 54.1 Å². The highest BCUT2D eigenvalue weighted by atomic mass is 16.5. The van der Waals surface area contributed by atoms with Crippen LogP contribution in [-0.2, 0) is 6.54 Å². The van der Waals surface area contributed by atoms with E-state index in [2.05, 4.69) is 22.8 Å². The lowest BCUT2D eigenvalue weighted by Gasteiger charge is -2.34. The monoisotopic (exact) mass is 294 g/mol. The van der Waals surface area contributed by atoms with Gasteiger partial charge in [0.2, 0.25) is 5.75 Å². The number of piperazine rings is 1. The molecule has 1 saturated heterocycles. The van der Waals surface area contributed by atoms with Crippen LogP contribution in [0.15, 0.2) is 12.1 Å². The molecule has 21 heavy (non-hydrogen) atoms. The predicted octanol–water partition coefficient (Wildman–Crippen LogP) is 1.85. The second-order valence-electron chi connectivity index (χ2n) is 5.20. The number of hydrogen-bond acceptors (Lipinski definition) is 5. The molecule has 1 aromatic carbocycles. The summed E-state index contributed by atoms with van der Waals surface area (Å²) in [7, 11) is 4.96. The first-order valence-corrected chi connectivity index (χ1v) is 7.46. The zero-order chi connectivity index (χ0) is 15.2. The van der Waals surface area contributed by atoms with Crippen LogP contribution in [0, 0.1) is 0 Å². The molecule has 5 heteroatoms. The number of methoxy groups -OCH3 is 3. The molecule has 0 N–H and O–H groups in total. The zero-order valence-electron chi connectivity index (χ0n) is 13.5. The molecule has 1 fully saturated rings. The van der Waals surface area contributed by atoms with E-state index in [0.29, 0.717) is 11.5 Å². The van der Waals surface area contributed by atoms with Crippen molar-refractivity contribution >= 4 is 0 Å². The van der Waals surface area contributed by atoms with Gasteiger partial charge in [-0.25, -0.2) is 0 Å². The molecule has 1 heterocycles. The van der Waals surface area contributed by atoms with Gasteiger partial charge in [0.05, 0.1) is 21.3 Å². The second-order valence-corrected chi connectivity index (χ2v) is 5.20. The Morgan fingerprint density at radius 2 is 1.48 bits per heavy atom. The number of rotatable bonds is 6. The largest absolute Gasteiger partial charge is 0.493 e. The molecular weight excluding hydrogens is 268 g/mol. The number of hydrogen-bond donors (Lipinski definition) is 0. The van der Waals surface area contributed by atoms with Crippen LogP contribution in [0.25, 0.3) is 0 Å². The standard InChI is InChI=1S/C16H26N2O3/c1-5-17-8-10-18(11-9-17)12-13-6-7-14(19-2)16(21-4)15(13)20-3/h6-7H,5,8-12H2,1-4H3. The molecule has 0 unspecified atom stereocenters. The van der Waals surface area contributed by atoms with E-state index in [1.54, 1.807) is 21.3 Å². The smallest absolute Gasteiger partial charge is 0.203 e. The van der Waals surface area contributed by atoms with E-state index in [4.69, 9.17) is 14.2 Å². The topological polar surface area (TPSA) is 34.2 Å². The van der Waals surface area contributed by atoms with Crippen LogP contribution in [0.4, 0.5) is 0 Å². The minimum atomic E-state index is 0.671. The van der Waals surface area contributed by atoms with Gasteiger partial charge < -0.3 is 19.1 Å². The molecule has 0 atom stereocenters. The summed E-state index contributed by atoms with van der Waals surface area (Å²) in [4.78, 5) is 4.93. The van der Waals surface area contributed by atoms with Crippen LogP contribution in [-0.4, -0.2) is 63.9 Å². The highest BCUT2D eigenvalue weighted by molar-refractivity contribution is 5.55. The molecule has 0 saturated carbocycles. The highest BCUT2D eigenvalue weighted by Gasteiger charge is 2.20. The maximum Gasteiger partial charge on any atom is 0.203 e.